The fraction of sp³-hybridized carbons (Fsp3) is 0.500. The Morgan fingerprint density at radius 3 is 2.89 bits per heavy atom. The van der Waals surface area contributed by atoms with E-state index in [2.05, 4.69) is 28.2 Å². The molecule has 3 rings (SSSR count). The molecule has 0 unspecified atom stereocenters. The molecule has 1 saturated carbocycles. The monoisotopic (exact) mass is 263 g/mol. The maximum atomic E-state index is 6.38. The van der Waals surface area contributed by atoms with Crippen molar-refractivity contribution in [3.63, 3.8) is 0 Å². The summed E-state index contributed by atoms with van der Waals surface area (Å²) in [5, 5.41) is 4.17. The van der Waals surface area contributed by atoms with E-state index in [-0.39, 0.29) is 0 Å². The lowest BCUT2D eigenvalue weighted by Gasteiger charge is -2.27. The van der Waals surface area contributed by atoms with Gasteiger partial charge in [-0.2, -0.15) is 0 Å². The van der Waals surface area contributed by atoms with E-state index >= 15 is 0 Å². The fourth-order valence-corrected chi connectivity index (χ4v) is 2.70. The first-order valence-corrected chi connectivity index (χ1v) is 6.94. The van der Waals surface area contributed by atoms with Gasteiger partial charge in [-0.05, 0) is 37.3 Å². The highest BCUT2D eigenvalue weighted by molar-refractivity contribution is 6.34. The van der Waals surface area contributed by atoms with Crippen LogP contribution in [0.25, 0.3) is 0 Å². The van der Waals surface area contributed by atoms with Crippen LogP contribution in [0.1, 0.15) is 18.4 Å². The minimum atomic E-state index is 0.797. The van der Waals surface area contributed by atoms with E-state index in [1.54, 1.807) is 0 Å². The molecule has 1 fully saturated rings. The second-order valence-electron chi connectivity index (χ2n) is 5.09. The molecule has 0 aromatic heterocycles. The van der Waals surface area contributed by atoms with E-state index in [1.807, 2.05) is 12.1 Å². The van der Waals surface area contributed by atoms with E-state index in [4.69, 9.17) is 11.6 Å². The minimum absolute atomic E-state index is 0.797. The Hall–Kier alpha value is -1.22. The number of aryl methyl sites for hydroxylation is 1. The van der Waals surface area contributed by atoms with Gasteiger partial charge in [-0.3, -0.25) is 4.99 Å². The van der Waals surface area contributed by atoms with Crippen LogP contribution in [-0.4, -0.2) is 25.6 Å². The molecule has 0 bridgehead atoms. The SMILES string of the molecule is Cc1cccc(Cl)c1N(CC1CC1)C1=NCCN1. The number of para-hydroxylation sites is 1. The van der Waals surface area contributed by atoms with Crippen LogP contribution in [0.2, 0.25) is 5.02 Å². The van der Waals surface area contributed by atoms with Crippen molar-refractivity contribution in [3.8, 4) is 0 Å². The Morgan fingerprint density at radius 1 is 1.44 bits per heavy atom. The molecular formula is C14H18ClN3. The van der Waals surface area contributed by atoms with E-state index in [1.165, 1.54) is 18.4 Å². The standard InChI is InChI=1S/C14H18ClN3/c1-10-3-2-4-12(15)13(10)18(9-11-5-6-11)14-16-7-8-17-14/h2-4,11H,5-9H2,1H3,(H,16,17). The smallest absolute Gasteiger partial charge is 0.198 e. The van der Waals surface area contributed by atoms with Crippen molar-refractivity contribution < 1.29 is 0 Å². The lowest BCUT2D eigenvalue weighted by atomic mass is 10.1. The van der Waals surface area contributed by atoms with E-state index in [9.17, 15) is 0 Å². The van der Waals surface area contributed by atoms with E-state index < -0.39 is 0 Å². The first kappa shape index (κ1) is 11.8. The molecule has 1 aromatic carbocycles. The highest BCUT2D eigenvalue weighted by Crippen LogP contribution is 2.35. The van der Waals surface area contributed by atoms with Crippen molar-refractivity contribution in [1.29, 1.82) is 0 Å². The molecule has 0 spiro atoms. The van der Waals surface area contributed by atoms with Crippen LogP contribution in [0.5, 0.6) is 0 Å². The summed E-state index contributed by atoms with van der Waals surface area (Å²) < 4.78 is 0. The van der Waals surface area contributed by atoms with Crippen molar-refractivity contribution >= 4 is 23.2 Å². The van der Waals surface area contributed by atoms with Gasteiger partial charge in [0.2, 0.25) is 0 Å². The summed E-state index contributed by atoms with van der Waals surface area (Å²) in [5.74, 6) is 1.78. The molecule has 1 N–H and O–H groups in total. The number of hydrogen-bond donors (Lipinski definition) is 1. The molecule has 96 valence electrons. The van der Waals surface area contributed by atoms with Crippen LogP contribution in [0, 0.1) is 12.8 Å². The summed E-state index contributed by atoms with van der Waals surface area (Å²) in [4.78, 5) is 6.81. The van der Waals surface area contributed by atoms with Crippen molar-refractivity contribution in [2.24, 2.45) is 10.9 Å². The Balaban J connectivity index is 1.96. The zero-order valence-electron chi connectivity index (χ0n) is 10.6. The van der Waals surface area contributed by atoms with Crippen LogP contribution in [-0.2, 0) is 0 Å². The number of nitrogens with one attached hydrogen (secondary N) is 1. The second-order valence-corrected chi connectivity index (χ2v) is 5.50. The van der Waals surface area contributed by atoms with Gasteiger partial charge in [0.05, 0.1) is 17.3 Å². The van der Waals surface area contributed by atoms with Gasteiger partial charge < -0.3 is 10.2 Å². The molecule has 4 heteroatoms. The Kier molecular flexibility index (Phi) is 3.16. The molecule has 0 radical (unpaired) electrons. The summed E-state index contributed by atoms with van der Waals surface area (Å²) in [6.07, 6.45) is 2.65. The number of guanidine groups is 1. The largest absolute Gasteiger partial charge is 0.354 e. The topological polar surface area (TPSA) is 27.6 Å². The molecular weight excluding hydrogens is 246 g/mol. The second kappa shape index (κ2) is 4.81. The number of hydrogen-bond acceptors (Lipinski definition) is 3. The summed E-state index contributed by atoms with van der Waals surface area (Å²) in [6, 6.07) is 6.07. The highest BCUT2D eigenvalue weighted by atomic mass is 35.5. The lowest BCUT2D eigenvalue weighted by Crippen LogP contribution is -2.40. The van der Waals surface area contributed by atoms with Gasteiger partial charge >= 0.3 is 0 Å². The molecule has 3 nitrogen and oxygen atoms in total. The van der Waals surface area contributed by atoms with Crippen molar-refractivity contribution in [3.05, 3.63) is 28.8 Å². The van der Waals surface area contributed by atoms with E-state index in [0.29, 0.717) is 0 Å². The third-order valence-corrected chi connectivity index (χ3v) is 3.81. The van der Waals surface area contributed by atoms with Gasteiger partial charge in [0.15, 0.2) is 5.96 Å². The first-order chi connectivity index (χ1) is 8.75. The summed E-state index contributed by atoms with van der Waals surface area (Å²) >= 11 is 6.38. The van der Waals surface area contributed by atoms with Gasteiger partial charge in [0, 0.05) is 13.1 Å². The van der Waals surface area contributed by atoms with Crippen LogP contribution in [0.4, 0.5) is 5.69 Å². The average Bonchev–Trinajstić information content (AvgIpc) is 3.00. The van der Waals surface area contributed by atoms with Gasteiger partial charge in [0.1, 0.15) is 0 Å². The average molecular weight is 264 g/mol. The molecule has 1 aliphatic carbocycles. The lowest BCUT2D eigenvalue weighted by molar-refractivity contribution is 0.812. The maximum Gasteiger partial charge on any atom is 0.198 e. The number of benzene rings is 1. The van der Waals surface area contributed by atoms with Gasteiger partial charge in [-0.15, -0.1) is 0 Å². The van der Waals surface area contributed by atoms with Gasteiger partial charge in [0.25, 0.3) is 0 Å². The van der Waals surface area contributed by atoms with Crippen LogP contribution >= 0.6 is 11.6 Å². The molecule has 2 aliphatic rings. The molecule has 1 aromatic rings. The summed E-state index contributed by atoms with van der Waals surface area (Å²) in [7, 11) is 0. The molecule has 0 atom stereocenters. The molecule has 1 heterocycles. The predicted octanol–water partition coefficient (Wildman–Crippen LogP) is 2.82. The number of rotatable bonds is 3. The van der Waals surface area contributed by atoms with Crippen LogP contribution in [0.3, 0.4) is 0 Å². The molecule has 0 amide bonds. The zero-order chi connectivity index (χ0) is 12.5. The summed E-state index contributed by atoms with van der Waals surface area (Å²) in [5.41, 5.74) is 2.32. The molecule has 1 aliphatic heterocycles. The Morgan fingerprint density at radius 2 is 2.28 bits per heavy atom. The van der Waals surface area contributed by atoms with Crippen molar-refractivity contribution in [2.75, 3.05) is 24.5 Å². The number of aliphatic imine (C=N–C) groups is 1. The maximum absolute atomic E-state index is 6.38. The van der Waals surface area contributed by atoms with Gasteiger partial charge in [-0.25, -0.2) is 0 Å². The third kappa shape index (κ3) is 2.32. The minimum Gasteiger partial charge on any atom is -0.354 e. The van der Waals surface area contributed by atoms with Crippen molar-refractivity contribution in [2.45, 2.75) is 19.8 Å². The number of anilines is 1. The molecule has 18 heavy (non-hydrogen) atoms. The Labute approximate surface area is 113 Å². The predicted molar refractivity (Wildman–Crippen MR) is 76.6 cm³/mol. The third-order valence-electron chi connectivity index (χ3n) is 3.51. The normalized spacial score (nSPS) is 18.4. The molecule has 0 saturated heterocycles. The fourth-order valence-electron chi connectivity index (χ4n) is 2.37. The Bertz CT molecular complexity index is 460. The van der Waals surface area contributed by atoms with Crippen molar-refractivity contribution in [1.82, 2.24) is 5.32 Å². The first-order valence-electron chi connectivity index (χ1n) is 6.56. The number of nitrogens with zero attached hydrogens (tertiary/aromatic N) is 2. The quantitative estimate of drug-likeness (QED) is 0.908. The van der Waals surface area contributed by atoms with Crippen LogP contribution < -0.4 is 10.2 Å². The van der Waals surface area contributed by atoms with Gasteiger partial charge in [-0.1, -0.05) is 23.7 Å². The van der Waals surface area contributed by atoms with Crippen LogP contribution in [0.15, 0.2) is 23.2 Å². The highest BCUT2D eigenvalue weighted by Gasteiger charge is 2.29. The summed E-state index contributed by atoms with van der Waals surface area (Å²) in [6.45, 7) is 4.92. The van der Waals surface area contributed by atoms with E-state index in [0.717, 1.165) is 42.2 Å². The zero-order valence-corrected chi connectivity index (χ0v) is 11.4. The number of halogens is 1.